The first-order valence-electron chi connectivity index (χ1n) is 13.3. The highest BCUT2D eigenvalue weighted by Crippen LogP contribution is 2.42. The Bertz CT molecular complexity index is 778. The summed E-state index contributed by atoms with van der Waals surface area (Å²) in [5.41, 5.74) is 1.26. The van der Waals surface area contributed by atoms with Crippen molar-refractivity contribution in [3.8, 4) is 0 Å². The lowest BCUT2D eigenvalue weighted by Crippen LogP contribution is -2.31. The summed E-state index contributed by atoms with van der Waals surface area (Å²) in [6, 6.07) is 1.58. The third-order valence-corrected chi connectivity index (χ3v) is 7.23. The van der Waals surface area contributed by atoms with E-state index in [1.165, 1.54) is 64.9 Å². The summed E-state index contributed by atoms with van der Waals surface area (Å²) in [4.78, 5) is 26.1. The molecule has 0 aliphatic carbocycles. The van der Waals surface area contributed by atoms with Gasteiger partial charge < -0.3 is 9.64 Å². The summed E-state index contributed by atoms with van der Waals surface area (Å²) in [5, 5.41) is 12.2. The van der Waals surface area contributed by atoms with Crippen molar-refractivity contribution < 1.29 is 14.5 Å². The molecule has 1 heterocycles. The highest BCUT2D eigenvalue weighted by atomic mass is 35.5. The van der Waals surface area contributed by atoms with Crippen molar-refractivity contribution in [2.24, 2.45) is 0 Å². The van der Waals surface area contributed by atoms with Gasteiger partial charge in [0.1, 0.15) is 5.69 Å². The van der Waals surface area contributed by atoms with Crippen LogP contribution in [0.2, 0.25) is 5.02 Å². The Morgan fingerprint density at radius 2 is 1.50 bits per heavy atom. The van der Waals surface area contributed by atoms with Crippen LogP contribution in [0, 0.1) is 10.1 Å². The van der Waals surface area contributed by atoms with E-state index in [2.05, 4.69) is 6.92 Å². The fourth-order valence-corrected chi connectivity index (χ4v) is 5.25. The van der Waals surface area contributed by atoms with Crippen LogP contribution in [0.5, 0.6) is 0 Å². The maximum atomic E-state index is 12.4. The zero-order valence-corrected chi connectivity index (χ0v) is 22.0. The normalized spacial score (nSPS) is 13.8. The number of methoxy groups -OCH3 is 1. The predicted octanol–water partition coefficient (Wildman–Crippen LogP) is 8.27. The van der Waals surface area contributed by atoms with Gasteiger partial charge in [-0.25, -0.2) is 4.79 Å². The molecule has 1 aromatic rings. The Morgan fingerprint density at radius 3 is 2.00 bits per heavy atom. The summed E-state index contributed by atoms with van der Waals surface area (Å²) in [6.07, 6.45) is 18.5. The highest BCUT2D eigenvalue weighted by Gasteiger charge is 2.31. The molecule has 0 aromatic heterocycles. The van der Waals surface area contributed by atoms with Gasteiger partial charge in [-0.2, -0.15) is 0 Å². The molecule has 0 N–H and O–H groups in total. The highest BCUT2D eigenvalue weighted by molar-refractivity contribution is 6.37. The van der Waals surface area contributed by atoms with Gasteiger partial charge in [-0.3, -0.25) is 10.1 Å². The second-order valence-corrected chi connectivity index (χ2v) is 9.91. The van der Waals surface area contributed by atoms with Crippen LogP contribution in [-0.2, 0) is 11.2 Å². The third-order valence-electron chi connectivity index (χ3n) is 6.85. The molecule has 0 spiro atoms. The van der Waals surface area contributed by atoms with Gasteiger partial charge in [-0.1, -0.05) is 89.2 Å². The van der Waals surface area contributed by atoms with Crippen molar-refractivity contribution >= 4 is 28.9 Å². The van der Waals surface area contributed by atoms with Crippen LogP contribution >= 0.6 is 11.6 Å². The number of carbonyl (C=O) groups excluding carboxylic acids is 1. The first kappa shape index (κ1) is 28.4. The number of anilines is 1. The van der Waals surface area contributed by atoms with Gasteiger partial charge in [0.15, 0.2) is 0 Å². The molecule has 1 aliphatic heterocycles. The van der Waals surface area contributed by atoms with Crippen molar-refractivity contribution in [3.05, 3.63) is 32.3 Å². The zero-order valence-electron chi connectivity index (χ0n) is 21.2. The van der Waals surface area contributed by atoms with Gasteiger partial charge >= 0.3 is 5.97 Å². The molecule has 1 aromatic carbocycles. The molecular formula is C27H43ClN2O4. The summed E-state index contributed by atoms with van der Waals surface area (Å²) in [7, 11) is 1.31. The number of hydrogen-bond acceptors (Lipinski definition) is 5. The van der Waals surface area contributed by atoms with Crippen molar-refractivity contribution in [2.45, 2.75) is 110 Å². The predicted molar refractivity (Wildman–Crippen MR) is 140 cm³/mol. The van der Waals surface area contributed by atoms with Crippen LogP contribution in [0.1, 0.15) is 119 Å². The Balaban J connectivity index is 1.96. The number of halogens is 1. The minimum atomic E-state index is -0.547. The van der Waals surface area contributed by atoms with Crippen LogP contribution in [0.25, 0.3) is 0 Å². The number of piperidine rings is 1. The summed E-state index contributed by atoms with van der Waals surface area (Å²) in [5.74, 6) is -0.547. The van der Waals surface area contributed by atoms with Crippen LogP contribution in [0.4, 0.5) is 11.4 Å². The number of hydrogen-bond donors (Lipinski definition) is 0. The van der Waals surface area contributed by atoms with Crippen molar-refractivity contribution in [2.75, 3.05) is 25.1 Å². The first-order valence-corrected chi connectivity index (χ1v) is 13.7. The molecule has 7 heteroatoms. The molecule has 6 nitrogen and oxygen atoms in total. The number of carbonyl (C=O) groups is 1. The van der Waals surface area contributed by atoms with E-state index < -0.39 is 5.97 Å². The maximum absolute atomic E-state index is 12.4. The number of nitrogens with zero attached hydrogens (tertiary/aromatic N) is 2. The van der Waals surface area contributed by atoms with Crippen LogP contribution in [-0.4, -0.2) is 31.1 Å². The van der Waals surface area contributed by atoms with E-state index in [4.69, 9.17) is 16.3 Å². The van der Waals surface area contributed by atoms with E-state index >= 15 is 0 Å². The lowest BCUT2D eigenvalue weighted by atomic mass is 9.98. The number of aryl methyl sites for hydroxylation is 1. The number of nitro groups is 1. The Kier molecular flexibility index (Phi) is 13.3. The second-order valence-electron chi connectivity index (χ2n) is 9.53. The van der Waals surface area contributed by atoms with Gasteiger partial charge in [0.05, 0.1) is 22.6 Å². The molecule has 34 heavy (non-hydrogen) atoms. The Hall–Kier alpha value is -1.82. The molecule has 1 fully saturated rings. The Morgan fingerprint density at radius 1 is 0.971 bits per heavy atom. The van der Waals surface area contributed by atoms with Gasteiger partial charge in [-0.05, 0) is 38.2 Å². The molecular weight excluding hydrogens is 452 g/mol. The molecule has 1 saturated heterocycles. The van der Waals surface area contributed by atoms with Crippen molar-refractivity contribution in [1.29, 1.82) is 0 Å². The molecule has 1 aliphatic rings. The molecule has 0 atom stereocenters. The molecule has 0 bridgehead atoms. The molecule has 0 radical (unpaired) electrons. The molecule has 0 unspecified atom stereocenters. The molecule has 192 valence electrons. The van der Waals surface area contributed by atoms with Crippen molar-refractivity contribution in [1.82, 2.24) is 0 Å². The minimum Gasteiger partial charge on any atom is -0.465 e. The van der Waals surface area contributed by atoms with Gasteiger partial charge in [0, 0.05) is 18.7 Å². The minimum absolute atomic E-state index is 0.0580. The van der Waals surface area contributed by atoms with E-state index in [9.17, 15) is 14.9 Å². The SMILES string of the molecule is CCCCCCCCCCCCCCc1cc(C(=O)OC)c(Cl)c(N2CCCCC2)c1[N+](=O)[O-]. The fourth-order valence-electron chi connectivity index (χ4n) is 4.90. The van der Waals surface area contributed by atoms with Gasteiger partial charge in [0.2, 0.25) is 0 Å². The third kappa shape index (κ3) is 8.75. The zero-order chi connectivity index (χ0) is 24.8. The quantitative estimate of drug-likeness (QED) is 0.0999. The van der Waals surface area contributed by atoms with Gasteiger partial charge in [0.25, 0.3) is 5.69 Å². The maximum Gasteiger partial charge on any atom is 0.339 e. The van der Waals surface area contributed by atoms with E-state index in [-0.39, 0.29) is 21.2 Å². The fraction of sp³-hybridized carbons (Fsp3) is 0.741. The van der Waals surface area contributed by atoms with Crippen LogP contribution < -0.4 is 4.90 Å². The lowest BCUT2D eigenvalue weighted by Gasteiger charge is -2.30. The molecule has 0 saturated carbocycles. The van der Waals surface area contributed by atoms with E-state index in [1.807, 2.05) is 4.90 Å². The number of esters is 1. The first-order chi connectivity index (χ1) is 16.5. The largest absolute Gasteiger partial charge is 0.465 e. The van der Waals surface area contributed by atoms with Crippen molar-refractivity contribution in [3.63, 3.8) is 0 Å². The summed E-state index contributed by atoms with van der Waals surface area (Å²) >= 11 is 6.57. The van der Waals surface area contributed by atoms with Gasteiger partial charge in [-0.15, -0.1) is 0 Å². The van der Waals surface area contributed by atoms with Crippen LogP contribution in [0.15, 0.2) is 6.07 Å². The summed E-state index contributed by atoms with van der Waals surface area (Å²) < 4.78 is 4.92. The number of ether oxygens (including phenoxy) is 1. The lowest BCUT2D eigenvalue weighted by molar-refractivity contribution is -0.384. The Labute approximate surface area is 210 Å². The number of nitro benzene ring substituents is 1. The van der Waals surface area contributed by atoms with Crippen LogP contribution in [0.3, 0.4) is 0 Å². The average Bonchev–Trinajstić information content (AvgIpc) is 2.84. The number of benzene rings is 1. The van der Waals surface area contributed by atoms with E-state index in [0.29, 0.717) is 30.8 Å². The summed E-state index contributed by atoms with van der Waals surface area (Å²) in [6.45, 7) is 3.67. The standard InChI is InChI=1S/C27H43ClN2O4/c1-3-4-5-6-7-8-9-10-11-12-13-15-18-22-21-23(27(31)34-2)24(28)26(25(22)30(32)33)29-19-16-14-17-20-29/h21H,3-20H2,1-2H3. The van der Waals surface area contributed by atoms with E-state index in [0.717, 1.165) is 38.5 Å². The second kappa shape index (κ2) is 16.0. The molecule has 0 amide bonds. The smallest absolute Gasteiger partial charge is 0.339 e. The van der Waals surface area contributed by atoms with E-state index in [1.54, 1.807) is 6.07 Å². The monoisotopic (exact) mass is 494 g/mol. The molecule has 2 rings (SSSR count). The average molecular weight is 495 g/mol. The topological polar surface area (TPSA) is 72.7 Å². The number of rotatable bonds is 16. The number of unbranched alkanes of at least 4 members (excludes halogenated alkanes) is 11.